The van der Waals surface area contributed by atoms with Crippen molar-refractivity contribution in [2.45, 2.75) is 26.3 Å². The zero-order valence-corrected chi connectivity index (χ0v) is 12.5. The highest BCUT2D eigenvalue weighted by Crippen LogP contribution is 2.32. The zero-order valence-electron chi connectivity index (χ0n) is 11.7. The number of hydrogen-bond acceptors (Lipinski definition) is 5. The van der Waals surface area contributed by atoms with Crippen LogP contribution in [0.5, 0.6) is 11.5 Å². The highest BCUT2D eigenvalue weighted by atomic mass is 35.5. The summed E-state index contributed by atoms with van der Waals surface area (Å²) in [6, 6.07) is 7.64. The van der Waals surface area contributed by atoms with E-state index in [-0.39, 0.29) is 6.79 Å². The molecule has 2 aromatic rings. The average Bonchev–Trinajstić information content (AvgIpc) is 2.92. The van der Waals surface area contributed by atoms with Gasteiger partial charge in [-0.15, -0.1) is 0 Å². The van der Waals surface area contributed by atoms with Crippen LogP contribution in [0.4, 0.5) is 5.95 Å². The van der Waals surface area contributed by atoms with Gasteiger partial charge in [0.25, 0.3) is 0 Å². The summed E-state index contributed by atoms with van der Waals surface area (Å²) < 4.78 is 10.6. The third-order valence-corrected chi connectivity index (χ3v) is 3.34. The van der Waals surface area contributed by atoms with Crippen LogP contribution >= 0.6 is 11.6 Å². The largest absolute Gasteiger partial charge is 0.454 e. The number of hydrogen-bond donors (Lipinski definition) is 1. The molecule has 0 atom stereocenters. The first-order valence-electron chi connectivity index (χ1n) is 6.90. The number of aryl methyl sites for hydroxylation is 1. The summed E-state index contributed by atoms with van der Waals surface area (Å²) in [6.07, 6.45) is 1.91. The van der Waals surface area contributed by atoms with Crippen molar-refractivity contribution in [3.8, 4) is 11.5 Å². The van der Waals surface area contributed by atoms with Crippen LogP contribution in [0, 0.1) is 0 Å². The van der Waals surface area contributed by atoms with Gasteiger partial charge in [0.05, 0.1) is 0 Å². The van der Waals surface area contributed by atoms with Crippen molar-refractivity contribution < 1.29 is 9.47 Å². The first kappa shape index (κ1) is 13.9. The van der Waals surface area contributed by atoms with Gasteiger partial charge in [0.1, 0.15) is 5.15 Å². The fourth-order valence-corrected chi connectivity index (χ4v) is 2.37. The van der Waals surface area contributed by atoms with Crippen LogP contribution in [0.2, 0.25) is 5.15 Å². The Labute approximate surface area is 128 Å². The molecule has 21 heavy (non-hydrogen) atoms. The molecule has 1 aliphatic heterocycles. The number of halogens is 1. The van der Waals surface area contributed by atoms with Crippen molar-refractivity contribution in [1.82, 2.24) is 9.97 Å². The third kappa shape index (κ3) is 3.36. The van der Waals surface area contributed by atoms with Gasteiger partial charge in [-0.3, -0.25) is 0 Å². The Bertz CT molecular complexity index is 649. The minimum absolute atomic E-state index is 0.282. The molecule has 0 aliphatic carbocycles. The maximum atomic E-state index is 6.02. The van der Waals surface area contributed by atoms with Crippen LogP contribution in [0.3, 0.4) is 0 Å². The molecule has 1 aliphatic rings. The number of ether oxygens (including phenoxy) is 2. The molecule has 0 saturated carbocycles. The summed E-state index contributed by atoms with van der Waals surface area (Å²) >= 11 is 6.02. The quantitative estimate of drug-likeness (QED) is 0.858. The zero-order chi connectivity index (χ0) is 14.7. The topological polar surface area (TPSA) is 56.3 Å². The van der Waals surface area contributed by atoms with E-state index in [1.54, 1.807) is 6.07 Å². The van der Waals surface area contributed by atoms with Gasteiger partial charge < -0.3 is 14.8 Å². The van der Waals surface area contributed by atoms with Crippen molar-refractivity contribution in [3.05, 3.63) is 40.7 Å². The van der Waals surface area contributed by atoms with E-state index in [0.29, 0.717) is 17.6 Å². The fraction of sp³-hybridized carbons (Fsp3) is 0.333. The van der Waals surface area contributed by atoms with Gasteiger partial charge in [0.2, 0.25) is 12.7 Å². The van der Waals surface area contributed by atoms with Crippen LogP contribution < -0.4 is 14.8 Å². The minimum Gasteiger partial charge on any atom is -0.454 e. The lowest BCUT2D eigenvalue weighted by atomic mass is 10.2. The molecule has 3 rings (SSSR count). The Kier molecular flexibility index (Phi) is 4.10. The Morgan fingerprint density at radius 3 is 2.90 bits per heavy atom. The molecule has 0 radical (unpaired) electrons. The Morgan fingerprint density at radius 2 is 2.05 bits per heavy atom. The highest BCUT2D eigenvalue weighted by molar-refractivity contribution is 6.29. The number of nitrogens with zero attached hydrogens (tertiary/aromatic N) is 2. The molecule has 0 saturated heterocycles. The Balaban J connectivity index is 1.69. The Morgan fingerprint density at radius 1 is 1.19 bits per heavy atom. The first-order valence-corrected chi connectivity index (χ1v) is 7.28. The standard InChI is InChI=1S/C15H16ClN3O2/c1-2-3-11-7-14(16)19-15(18-11)17-8-10-4-5-12-13(6-10)21-9-20-12/h4-7H,2-3,8-9H2,1H3,(H,17,18,19). The molecule has 110 valence electrons. The monoisotopic (exact) mass is 305 g/mol. The lowest BCUT2D eigenvalue weighted by Gasteiger charge is -2.08. The fourth-order valence-electron chi connectivity index (χ4n) is 2.16. The summed E-state index contributed by atoms with van der Waals surface area (Å²) in [5, 5.41) is 3.65. The number of benzene rings is 1. The van der Waals surface area contributed by atoms with Crippen molar-refractivity contribution in [1.29, 1.82) is 0 Å². The van der Waals surface area contributed by atoms with E-state index in [2.05, 4.69) is 22.2 Å². The molecule has 2 heterocycles. The van der Waals surface area contributed by atoms with E-state index < -0.39 is 0 Å². The lowest BCUT2D eigenvalue weighted by molar-refractivity contribution is 0.174. The maximum Gasteiger partial charge on any atom is 0.231 e. The number of aromatic nitrogens is 2. The molecule has 0 amide bonds. The van der Waals surface area contributed by atoms with Crippen molar-refractivity contribution in [3.63, 3.8) is 0 Å². The number of anilines is 1. The highest BCUT2D eigenvalue weighted by Gasteiger charge is 2.13. The first-order chi connectivity index (χ1) is 10.2. The van der Waals surface area contributed by atoms with Crippen LogP contribution in [0.1, 0.15) is 24.6 Å². The molecule has 6 heteroatoms. The van der Waals surface area contributed by atoms with Gasteiger partial charge in [-0.1, -0.05) is 31.0 Å². The predicted molar refractivity (Wildman–Crippen MR) is 80.9 cm³/mol. The van der Waals surface area contributed by atoms with Gasteiger partial charge in [0.15, 0.2) is 11.5 Å². The molecule has 1 aromatic carbocycles. The molecular weight excluding hydrogens is 290 g/mol. The second-order valence-electron chi connectivity index (χ2n) is 4.80. The van der Waals surface area contributed by atoms with E-state index in [0.717, 1.165) is 35.6 Å². The van der Waals surface area contributed by atoms with E-state index in [1.807, 2.05) is 18.2 Å². The van der Waals surface area contributed by atoms with E-state index in [9.17, 15) is 0 Å². The summed E-state index contributed by atoms with van der Waals surface area (Å²) in [7, 11) is 0. The van der Waals surface area contributed by atoms with E-state index in [4.69, 9.17) is 21.1 Å². The van der Waals surface area contributed by atoms with Gasteiger partial charge >= 0.3 is 0 Å². The second kappa shape index (κ2) is 6.18. The maximum absolute atomic E-state index is 6.02. The van der Waals surface area contributed by atoms with E-state index >= 15 is 0 Å². The minimum atomic E-state index is 0.282. The van der Waals surface area contributed by atoms with Crippen LogP contribution in [-0.4, -0.2) is 16.8 Å². The average molecular weight is 306 g/mol. The lowest BCUT2D eigenvalue weighted by Crippen LogP contribution is -2.05. The second-order valence-corrected chi connectivity index (χ2v) is 5.18. The van der Waals surface area contributed by atoms with Gasteiger partial charge in [-0.25, -0.2) is 9.97 Å². The summed E-state index contributed by atoms with van der Waals surface area (Å²) in [4.78, 5) is 8.64. The molecular formula is C15H16ClN3O2. The Hall–Kier alpha value is -2.01. The number of rotatable bonds is 5. The van der Waals surface area contributed by atoms with Crippen molar-refractivity contribution in [2.24, 2.45) is 0 Å². The number of nitrogens with one attached hydrogen (secondary N) is 1. The van der Waals surface area contributed by atoms with Crippen LogP contribution in [0.25, 0.3) is 0 Å². The summed E-state index contributed by atoms with van der Waals surface area (Å²) in [5.41, 5.74) is 2.02. The van der Waals surface area contributed by atoms with Crippen LogP contribution in [0.15, 0.2) is 24.3 Å². The summed E-state index contributed by atoms with van der Waals surface area (Å²) in [6.45, 7) is 2.99. The molecule has 0 bridgehead atoms. The SMILES string of the molecule is CCCc1cc(Cl)nc(NCc2ccc3c(c2)OCO3)n1. The van der Waals surface area contributed by atoms with Crippen molar-refractivity contribution in [2.75, 3.05) is 12.1 Å². The smallest absolute Gasteiger partial charge is 0.231 e. The molecule has 1 N–H and O–H groups in total. The van der Waals surface area contributed by atoms with E-state index in [1.165, 1.54) is 0 Å². The van der Waals surface area contributed by atoms with Gasteiger partial charge in [0, 0.05) is 12.2 Å². The van der Waals surface area contributed by atoms with Crippen LogP contribution in [-0.2, 0) is 13.0 Å². The molecule has 0 unspecified atom stereocenters. The number of fused-ring (bicyclic) bond motifs is 1. The molecule has 0 spiro atoms. The molecule has 0 fully saturated rings. The third-order valence-electron chi connectivity index (χ3n) is 3.14. The van der Waals surface area contributed by atoms with Crippen molar-refractivity contribution >= 4 is 17.5 Å². The van der Waals surface area contributed by atoms with Gasteiger partial charge in [-0.2, -0.15) is 0 Å². The summed E-state index contributed by atoms with van der Waals surface area (Å²) in [5.74, 6) is 2.10. The normalized spacial score (nSPS) is 12.5. The molecule has 1 aromatic heterocycles. The predicted octanol–water partition coefficient (Wildman–Crippen LogP) is 3.42. The van der Waals surface area contributed by atoms with Gasteiger partial charge in [-0.05, 0) is 30.2 Å². The molecule has 5 nitrogen and oxygen atoms in total.